The summed E-state index contributed by atoms with van der Waals surface area (Å²) in [5.74, 6) is 0.679. The lowest BCUT2D eigenvalue weighted by atomic mass is 10.2. The van der Waals surface area contributed by atoms with Gasteiger partial charge in [0, 0.05) is 13.6 Å². The van der Waals surface area contributed by atoms with Gasteiger partial charge in [-0.3, -0.25) is 20.3 Å². The van der Waals surface area contributed by atoms with Crippen molar-refractivity contribution in [3.8, 4) is 0 Å². The summed E-state index contributed by atoms with van der Waals surface area (Å²) >= 11 is 1.38. The van der Waals surface area contributed by atoms with E-state index in [4.69, 9.17) is 0 Å². The van der Waals surface area contributed by atoms with Crippen LogP contribution in [0.25, 0.3) is 10.2 Å². The van der Waals surface area contributed by atoms with Gasteiger partial charge in [-0.15, -0.1) is 11.3 Å². The van der Waals surface area contributed by atoms with Crippen molar-refractivity contribution >= 4 is 39.0 Å². The molecule has 0 bridgehead atoms. The number of aromatic amines is 1. The number of hydrazine groups is 1. The van der Waals surface area contributed by atoms with Crippen LogP contribution in [-0.2, 0) is 0 Å². The van der Waals surface area contributed by atoms with Gasteiger partial charge in [0.15, 0.2) is 0 Å². The van der Waals surface area contributed by atoms with Crippen molar-refractivity contribution in [1.29, 1.82) is 0 Å². The molecule has 0 saturated heterocycles. The maximum Gasteiger partial charge on any atom is 0.279 e. The molecule has 0 aliphatic carbocycles. The first-order valence-corrected chi connectivity index (χ1v) is 14.4. The lowest BCUT2D eigenvalue weighted by Gasteiger charge is -2.21. The molecule has 8 nitrogen and oxygen atoms in total. The summed E-state index contributed by atoms with van der Waals surface area (Å²) in [4.78, 5) is 16.8. The maximum atomic E-state index is 12.8. The first kappa shape index (κ1) is 29.4. The van der Waals surface area contributed by atoms with Gasteiger partial charge in [-0.2, -0.15) is 5.10 Å². The zero-order chi connectivity index (χ0) is 27.2. The van der Waals surface area contributed by atoms with E-state index in [-0.39, 0.29) is 5.91 Å². The molecule has 0 radical (unpaired) electrons. The second kappa shape index (κ2) is 16.0. The second-order valence-corrected chi connectivity index (χ2v) is 10.4. The highest BCUT2D eigenvalue weighted by Crippen LogP contribution is 2.29. The van der Waals surface area contributed by atoms with Crippen LogP contribution >= 0.6 is 11.3 Å². The number of nitrogens with zero attached hydrogens (tertiary/aromatic N) is 3. The summed E-state index contributed by atoms with van der Waals surface area (Å²) in [6, 6.07) is 11.6. The number of aromatic nitrogens is 2. The summed E-state index contributed by atoms with van der Waals surface area (Å²) in [6.07, 6.45) is 11.2. The van der Waals surface area contributed by atoms with Crippen molar-refractivity contribution in [2.45, 2.75) is 39.5 Å². The highest BCUT2D eigenvalue weighted by molar-refractivity contribution is 7.20. The molecular formula is C29H43N7OS. The first-order chi connectivity index (χ1) is 18.5. The van der Waals surface area contributed by atoms with Gasteiger partial charge in [0.2, 0.25) is 0 Å². The number of fused-ring (bicyclic) bond motifs is 1. The van der Waals surface area contributed by atoms with Crippen LogP contribution in [0.1, 0.15) is 49.2 Å². The molecule has 4 N–H and O–H groups in total. The van der Waals surface area contributed by atoms with E-state index in [0.717, 1.165) is 47.8 Å². The van der Waals surface area contributed by atoms with Crippen LogP contribution in [0, 0.1) is 0 Å². The van der Waals surface area contributed by atoms with Gasteiger partial charge in [-0.05, 0) is 89.6 Å². The van der Waals surface area contributed by atoms with Gasteiger partial charge < -0.3 is 15.5 Å². The highest BCUT2D eigenvalue weighted by atomic mass is 32.1. The number of H-pyrrole nitrogens is 1. The van der Waals surface area contributed by atoms with Crippen molar-refractivity contribution in [1.82, 2.24) is 25.8 Å². The van der Waals surface area contributed by atoms with Crippen LogP contribution in [-0.4, -0.2) is 67.8 Å². The number of unbranched alkanes of at least 4 members (excludes halogenated alkanes) is 1. The highest BCUT2D eigenvalue weighted by Gasteiger charge is 2.16. The van der Waals surface area contributed by atoms with E-state index in [1.807, 2.05) is 50.5 Å². The summed E-state index contributed by atoms with van der Waals surface area (Å²) < 4.78 is 0. The predicted octanol–water partition coefficient (Wildman–Crippen LogP) is 5.42. The molecule has 3 aromatic rings. The SMILES string of the molecule is C/C=C(\C=C/CCCN(CCC)CCCNC)CNc1[nH]nc2sc(C(=O)NN(C)c3ccccc3)cc12. The Hall–Kier alpha value is -3.14. The van der Waals surface area contributed by atoms with E-state index in [0.29, 0.717) is 11.4 Å². The lowest BCUT2D eigenvalue weighted by molar-refractivity contribution is 0.0955. The molecule has 0 unspecified atom stereocenters. The molecule has 0 aliphatic heterocycles. The van der Waals surface area contributed by atoms with Crippen molar-refractivity contribution in [3.05, 3.63) is 65.1 Å². The number of amides is 1. The summed E-state index contributed by atoms with van der Waals surface area (Å²) in [6.45, 7) is 9.55. The third kappa shape index (κ3) is 9.01. The number of rotatable bonds is 17. The number of carbonyl (C=O) groups is 1. The fourth-order valence-electron chi connectivity index (χ4n) is 4.23. The van der Waals surface area contributed by atoms with E-state index in [2.05, 4.69) is 63.2 Å². The average molecular weight is 538 g/mol. The Morgan fingerprint density at radius 1 is 1.16 bits per heavy atom. The Morgan fingerprint density at radius 2 is 1.95 bits per heavy atom. The summed E-state index contributed by atoms with van der Waals surface area (Å²) in [5.41, 5.74) is 5.05. The zero-order valence-electron chi connectivity index (χ0n) is 23.2. The van der Waals surface area contributed by atoms with Crippen LogP contribution < -0.4 is 21.1 Å². The fourth-order valence-corrected chi connectivity index (χ4v) is 5.11. The number of allylic oxidation sites excluding steroid dienone is 2. The van der Waals surface area contributed by atoms with Crippen LogP contribution in [0.4, 0.5) is 11.5 Å². The van der Waals surface area contributed by atoms with Gasteiger partial charge in [-0.25, -0.2) is 0 Å². The number of anilines is 2. The van der Waals surface area contributed by atoms with E-state index in [1.165, 1.54) is 42.7 Å². The van der Waals surface area contributed by atoms with Crippen molar-refractivity contribution in [2.75, 3.05) is 57.1 Å². The topological polar surface area (TPSA) is 88.3 Å². The van der Waals surface area contributed by atoms with E-state index in [1.54, 1.807) is 5.01 Å². The summed E-state index contributed by atoms with van der Waals surface area (Å²) in [7, 11) is 3.85. The van der Waals surface area contributed by atoms with Crippen molar-refractivity contribution in [2.24, 2.45) is 0 Å². The molecule has 2 heterocycles. The largest absolute Gasteiger partial charge is 0.366 e. The molecule has 1 aromatic carbocycles. The molecule has 0 saturated carbocycles. The molecule has 1 amide bonds. The number of benzene rings is 1. The molecule has 206 valence electrons. The van der Waals surface area contributed by atoms with Crippen LogP contribution in [0.2, 0.25) is 0 Å². The van der Waals surface area contributed by atoms with Crippen molar-refractivity contribution < 1.29 is 4.79 Å². The molecule has 0 spiro atoms. The third-order valence-corrected chi connectivity index (χ3v) is 7.37. The minimum absolute atomic E-state index is 0.151. The smallest absolute Gasteiger partial charge is 0.279 e. The van der Waals surface area contributed by atoms with E-state index in [9.17, 15) is 4.79 Å². The van der Waals surface area contributed by atoms with Crippen LogP contribution in [0.3, 0.4) is 0 Å². The maximum absolute atomic E-state index is 12.8. The third-order valence-electron chi connectivity index (χ3n) is 6.35. The van der Waals surface area contributed by atoms with E-state index >= 15 is 0 Å². The first-order valence-electron chi connectivity index (χ1n) is 13.6. The number of carbonyl (C=O) groups excluding carboxylic acids is 1. The minimum atomic E-state index is -0.151. The Labute approximate surface area is 231 Å². The number of hydrogen-bond donors (Lipinski definition) is 4. The number of hydrogen-bond acceptors (Lipinski definition) is 7. The van der Waals surface area contributed by atoms with Gasteiger partial charge in [0.25, 0.3) is 5.91 Å². The molecule has 0 aliphatic rings. The number of para-hydroxylation sites is 1. The predicted molar refractivity (Wildman–Crippen MR) is 162 cm³/mol. The second-order valence-electron chi connectivity index (χ2n) is 9.32. The van der Waals surface area contributed by atoms with Gasteiger partial charge >= 0.3 is 0 Å². The van der Waals surface area contributed by atoms with Gasteiger partial charge in [0.05, 0.1) is 16.0 Å². The van der Waals surface area contributed by atoms with E-state index < -0.39 is 0 Å². The molecule has 0 atom stereocenters. The van der Waals surface area contributed by atoms with Gasteiger partial charge in [-0.1, -0.05) is 43.4 Å². The van der Waals surface area contributed by atoms with Crippen LogP contribution in [0.5, 0.6) is 0 Å². The number of nitrogens with one attached hydrogen (secondary N) is 4. The molecule has 0 fully saturated rings. The van der Waals surface area contributed by atoms with Crippen LogP contribution in [0.15, 0.2) is 60.2 Å². The quantitative estimate of drug-likeness (QED) is 0.104. The zero-order valence-corrected chi connectivity index (χ0v) is 24.0. The number of thiophene rings is 1. The Kier molecular flexibility index (Phi) is 12.4. The summed E-state index contributed by atoms with van der Waals surface area (Å²) in [5, 5.41) is 16.8. The van der Waals surface area contributed by atoms with Gasteiger partial charge in [0.1, 0.15) is 10.6 Å². The molecule has 2 aromatic heterocycles. The standard InChI is InChI=1S/C29H43N7OS/c1-5-18-36(20-13-17-30-3)19-12-8-9-14-23(6-2)22-31-27-25-21-26(38-29(25)33-32-27)28(37)34-35(4)24-15-10-7-11-16-24/h6-7,9-11,14-16,21,30H,5,8,12-13,17-20,22H2,1-4H3,(H,34,37)(H2,31,32,33)/b14-9-,23-6+. The molecule has 38 heavy (non-hydrogen) atoms. The molecule has 9 heteroatoms. The van der Waals surface area contributed by atoms with Crippen molar-refractivity contribution in [3.63, 3.8) is 0 Å². The Balaban J connectivity index is 1.48. The fraction of sp³-hybridized carbons (Fsp3) is 0.448. The Morgan fingerprint density at radius 3 is 2.68 bits per heavy atom. The average Bonchev–Trinajstić information content (AvgIpc) is 3.52. The minimum Gasteiger partial charge on any atom is -0.366 e. The normalized spacial score (nSPS) is 12.1. The lowest BCUT2D eigenvalue weighted by Crippen LogP contribution is -2.38. The monoisotopic (exact) mass is 537 g/mol. The molecular weight excluding hydrogens is 494 g/mol. The Bertz CT molecular complexity index is 1170. The molecule has 3 rings (SSSR count).